The molecule has 0 spiro atoms. The predicted octanol–water partition coefficient (Wildman–Crippen LogP) is 3.96. The van der Waals surface area contributed by atoms with Gasteiger partial charge in [0.1, 0.15) is 6.04 Å². The van der Waals surface area contributed by atoms with E-state index in [0.717, 1.165) is 10.4 Å². The number of thiophene rings is 1. The number of benzene rings is 2. The highest BCUT2D eigenvalue weighted by atomic mass is 32.1. The summed E-state index contributed by atoms with van der Waals surface area (Å²) in [5.74, 6) is 0.0502. The van der Waals surface area contributed by atoms with E-state index >= 15 is 0 Å². The summed E-state index contributed by atoms with van der Waals surface area (Å²) in [4.78, 5) is 33.3. The van der Waals surface area contributed by atoms with Gasteiger partial charge in [0.05, 0.1) is 22.9 Å². The van der Waals surface area contributed by atoms with E-state index in [9.17, 15) is 14.7 Å². The number of aromatic hydroxyl groups is 1. The van der Waals surface area contributed by atoms with Gasteiger partial charge in [-0.15, -0.1) is 11.3 Å². The Morgan fingerprint density at radius 3 is 2.69 bits per heavy atom. The predicted molar refractivity (Wildman–Crippen MR) is 143 cm³/mol. The molecule has 182 valence electrons. The quantitative estimate of drug-likeness (QED) is 0.419. The van der Waals surface area contributed by atoms with Gasteiger partial charge in [-0.2, -0.15) is 0 Å². The zero-order valence-electron chi connectivity index (χ0n) is 19.8. The molecule has 2 aromatic heterocycles. The number of allylic oxidation sites excluding steroid dienone is 1. The lowest BCUT2D eigenvalue weighted by atomic mass is 10.0. The third-order valence-electron chi connectivity index (χ3n) is 5.97. The Labute approximate surface area is 215 Å². The Morgan fingerprint density at radius 2 is 1.97 bits per heavy atom. The number of methoxy groups -OCH3 is 1. The number of anilines is 1. The first-order valence-corrected chi connectivity index (χ1v) is 12.9. The number of hydrogen-bond acceptors (Lipinski definition) is 7. The third-order valence-corrected chi connectivity index (χ3v) is 7.88. The summed E-state index contributed by atoms with van der Waals surface area (Å²) in [6.07, 6.45) is 1.74. The number of fused-ring (bicyclic) bond motifs is 1. The van der Waals surface area contributed by atoms with Crippen LogP contribution in [0.4, 0.5) is 5.69 Å². The molecule has 3 heterocycles. The minimum atomic E-state index is -0.596. The van der Waals surface area contributed by atoms with Crippen LogP contribution in [0.25, 0.3) is 6.08 Å². The van der Waals surface area contributed by atoms with Crippen molar-refractivity contribution in [1.29, 1.82) is 0 Å². The number of rotatable bonds is 5. The Morgan fingerprint density at radius 1 is 1.17 bits per heavy atom. The van der Waals surface area contributed by atoms with Crippen LogP contribution >= 0.6 is 22.7 Å². The average Bonchev–Trinajstić information content (AvgIpc) is 3.49. The van der Waals surface area contributed by atoms with Crippen LogP contribution in [-0.4, -0.2) is 22.7 Å². The molecule has 2 N–H and O–H groups in total. The van der Waals surface area contributed by atoms with E-state index in [4.69, 9.17) is 4.74 Å². The number of ether oxygens (including phenoxy) is 1. The highest BCUT2D eigenvalue weighted by Gasteiger charge is 2.33. The molecule has 5 rings (SSSR count). The van der Waals surface area contributed by atoms with E-state index in [0.29, 0.717) is 37.6 Å². The van der Waals surface area contributed by atoms with Gasteiger partial charge in [-0.25, -0.2) is 4.99 Å². The van der Waals surface area contributed by atoms with Crippen molar-refractivity contribution in [3.05, 3.63) is 107 Å². The number of para-hydroxylation sites is 1. The SMILES string of the molecule is COc1cc(/C=c2\sc3n(c2=O)[C@@H](c2cccs2)C(C(=O)Nc2ccccc2C)=C(C)N=3)ccc1O. The van der Waals surface area contributed by atoms with Crippen LogP contribution in [-0.2, 0) is 4.79 Å². The first kappa shape index (κ1) is 23.8. The number of carbonyl (C=O) groups is 1. The van der Waals surface area contributed by atoms with E-state index in [2.05, 4.69) is 10.3 Å². The molecule has 7 nitrogen and oxygen atoms in total. The van der Waals surface area contributed by atoms with Crippen molar-refractivity contribution in [1.82, 2.24) is 4.57 Å². The van der Waals surface area contributed by atoms with Crippen LogP contribution < -0.4 is 24.9 Å². The number of carbonyl (C=O) groups excluding carboxylic acids is 1. The summed E-state index contributed by atoms with van der Waals surface area (Å²) < 4.78 is 7.26. The molecule has 2 aromatic carbocycles. The minimum absolute atomic E-state index is 0.0220. The molecule has 0 aliphatic carbocycles. The summed E-state index contributed by atoms with van der Waals surface area (Å²) in [5, 5.41) is 14.8. The topological polar surface area (TPSA) is 92.9 Å². The van der Waals surface area contributed by atoms with E-state index in [1.165, 1.54) is 35.8 Å². The second kappa shape index (κ2) is 9.60. The third kappa shape index (κ3) is 4.27. The fraction of sp³-hybridized carbons (Fsp3) is 0.148. The van der Waals surface area contributed by atoms with Crippen molar-refractivity contribution in [2.24, 2.45) is 4.99 Å². The largest absolute Gasteiger partial charge is 0.504 e. The maximum atomic E-state index is 13.7. The first-order valence-electron chi connectivity index (χ1n) is 11.2. The molecule has 1 aliphatic rings. The van der Waals surface area contributed by atoms with Gasteiger partial charge in [-0.05, 0) is 60.7 Å². The fourth-order valence-electron chi connectivity index (χ4n) is 4.17. The van der Waals surface area contributed by atoms with Gasteiger partial charge in [0.2, 0.25) is 0 Å². The Kier molecular flexibility index (Phi) is 6.34. The number of aryl methyl sites for hydroxylation is 1. The number of phenolic OH excluding ortho intramolecular Hbond substituents is 1. The van der Waals surface area contributed by atoms with Crippen LogP contribution in [0.3, 0.4) is 0 Å². The normalized spacial score (nSPS) is 15.4. The molecule has 0 saturated carbocycles. The first-order chi connectivity index (χ1) is 17.4. The van der Waals surface area contributed by atoms with Crippen molar-refractivity contribution in [2.45, 2.75) is 19.9 Å². The van der Waals surface area contributed by atoms with E-state index < -0.39 is 6.04 Å². The lowest BCUT2D eigenvalue weighted by Gasteiger charge is -2.24. The molecule has 1 atom stereocenters. The summed E-state index contributed by atoms with van der Waals surface area (Å²) in [6.45, 7) is 3.73. The molecular formula is C27H23N3O4S2. The van der Waals surface area contributed by atoms with Crippen molar-refractivity contribution in [3.8, 4) is 11.5 Å². The standard InChI is InChI=1S/C27H23N3O4S2/c1-15-7-4-5-8-18(15)29-25(32)23-16(2)28-27-30(24(23)21-9-6-12-35-21)26(33)22(36-27)14-17-10-11-19(31)20(13-17)34-3/h4-14,24,31H,1-3H3,(H,29,32)/b22-14-/t24-/m0/s1. The molecule has 36 heavy (non-hydrogen) atoms. The maximum Gasteiger partial charge on any atom is 0.271 e. The lowest BCUT2D eigenvalue weighted by Crippen LogP contribution is -2.40. The molecule has 0 bridgehead atoms. The van der Waals surface area contributed by atoms with Crippen LogP contribution in [0.2, 0.25) is 0 Å². The second-order valence-corrected chi connectivity index (χ2v) is 10.3. The number of nitrogens with zero attached hydrogens (tertiary/aromatic N) is 2. The van der Waals surface area contributed by atoms with Crippen molar-refractivity contribution < 1.29 is 14.6 Å². The lowest BCUT2D eigenvalue weighted by molar-refractivity contribution is -0.113. The van der Waals surface area contributed by atoms with Crippen molar-refractivity contribution in [3.63, 3.8) is 0 Å². The summed E-state index contributed by atoms with van der Waals surface area (Å²) in [5.41, 5.74) is 3.13. The second-order valence-electron chi connectivity index (χ2n) is 8.30. The smallest absolute Gasteiger partial charge is 0.271 e. The summed E-state index contributed by atoms with van der Waals surface area (Å²) in [7, 11) is 1.47. The van der Waals surface area contributed by atoms with Gasteiger partial charge < -0.3 is 15.2 Å². The molecule has 0 saturated heterocycles. The van der Waals surface area contributed by atoms with Crippen LogP contribution in [0.15, 0.2) is 81.0 Å². The van der Waals surface area contributed by atoms with Gasteiger partial charge in [0.15, 0.2) is 16.3 Å². The zero-order valence-corrected chi connectivity index (χ0v) is 21.4. The summed E-state index contributed by atoms with van der Waals surface area (Å²) >= 11 is 2.75. The van der Waals surface area contributed by atoms with Crippen LogP contribution in [0.1, 0.15) is 29.0 Å². The molecule has 0 fully saturated rings. The Balaban J connectivity index is 1.64. The molecule has 4 aromatic rings. The number of phenols is 1. The zero-order chi connectivity index (χ0) is 25.4. The highest BCUT2D eigenvalue weighted by molar-refractivity contribution is 7.10. The van der Waals surface area contributed by atoms with Gasteiger partial charge in [0, 0.05) is 10.6 Å². The molecule has 0 radical (unpaired) electrons. The molecule has 0 unspecified atom stereocenters. The van der Waals surface area contributed by atoms with E-state index in [1.807, 2.05) is 48.7 Å². The minimum Gasteiger partial charge on any atom is -0.504 e. The molecule has 1 aliphatic heterocycles. The number of thiazole rings is 1. The van der Waals surface area contributed by atoms with E-state index in [-0.39, 0.29) is 17.2 Å². The monoisotopic (exact) mass is 517 g/mol. The average molecular weight is 518 g/mol. The summed E-state index contributed by atoms with van der Waals surface area (Å²) in [6, 6.07) is 15.7. The highest BCUT2D eigenvalue weighted by Crippen LogP contribution is 2.33. The molecular weight excluding hydrogens is 494 g/mol. The number of nitrogens with one attached hydrogen (secondary N) is 1. The van der Waals surface area contributed by atoms with Gasteiger partial charge in [-0.1, -0.05) is 41.7 Å². The number of hydrogen-bond donors (Lipinski definition) is 2. The maximum absolute atomic E-state index is 13.7. The fourth-order valence-corrected chi connectivity index (χ4v) is 6.04. The molecule has 9 heteroatoms. The van der Waals surface area contributed by atoms with Gasteiger partial charge in [0.25, 0.3) is 11.5 Å². The van der Waals surface area contributed by atoms with E-state index in [1.54, 1.807) is 29.7 Å². The van der Waals surface area contributed by atoms with Crippen molar-refractivity contribution in [2.75, 3.05) is 12.4 Å². The Hall–Kier alpha value is -3.95. The van der Waals surface area contributed by atoms with Gasteiger partial charge in [-0.3, -0.25) is 14.2 Å². The van der Waals surface area contributed by atoms with Gasteiger partial charge >= 0.3 is 0 Å². The van der Waals surface area contributed by atoms with Crippen LogP contribution in [0.5, 0.6) is 11.5 Å². The van der Waals surface area contributed by atoms with Crippen molar-refractivity contribution >= 4 is 40.3 Å². The number of amides is 1. The number of aromatic nitrogens is 1. The van der Waals surface area contributed by atoms with Crippen LogP contribution in [0, 0.1) is 6.92 Å². The Bertz CT molecular complexity index is 1680. The molecule has 1 amide bonds.